The highest BCUT2D eigenvalue weighted by Crippen LogP contribution is 2.33. The maximum atomic E-state index is 13.3. The van der Waals surface area contributed by atoms with Gasteiger partial charge in [0, 0.05) is 23.1 Å². The van der Waals surface area contributed by atoms with Crippen LogP contribution in [0.25, 0.3) is 10.8 Å². The van der Waals surface area contributed by atoms with E-state index in [9.17, 15) is 9.59 Å². The first-order chi connectivity index (χ1) is 15.8. The standard InChI is InChI=1S/C25H25BrCl2N2O3/c1-3-21(25(32)29-4-2)30(14-17-9-11-18(27)13-20(17)28)23(31)15-33-22-12-10-16-7-5-6-8-19(16)24(22)26/h5-13,21H,3-4,14-15H2,1-2H3,(H,29,32)/t21-/m0/s1. The van der Waals surface area contributed by atoms with Gasteiger partial charge in [0.05, 0.1) is 4.47 Å². The average molecular weight is 552 g/mol. The topological polar surface area (TPSA) is 58.6 Å². The molecule has 0 radical (unpaired) electrons. The minimum atomic E-state index is -0.659. The molecule has 0 aliphatic carbocycles. The molecule has 3 aromatic rings. The van der Waals surface area contributed by atoms with Crippen LogP contribution < -0.4 is 10.1 Å². The van der Waals surface area contributed by atoms with Gasteiger partial charge in [-0.05, 0) is 63.8 Å². The monoisotopic (exact) mass is 550 g/mol. The van der Waals surface area contributed by atoms with E-state index in [1.807, 2.05) is 50.2 Å². The number of likely N-dealkylation sites (N-methyl/N-ethyl adjacent to an activating group) is 1. The molecule has 0 unspecified atom stereocenters. The van der Waals surface area contributed by atoms with Crippen LogP contribution in [-0.2, 0) is 16.1 Å². The number of ether oxygens (including phenoxy) is 1. The molecule has 174 valence electrons. The predicted octanol–water partition coefficient (Wildman–Crippen LogP) is 6.23. The third-order valence-electron chi connectivity index (χ3n) is 5.27. The quantitative estimate of drug-likeness (QED) is 0.343. The molecule has 2 amide bonds. The van der Waals surface area contributed by atoms with Gasteiger partial charge in [-0.1, -0.05) is 66.5 Å². The van der Waals surface area contributed by atoms with Gasteiger partial charge in [-0.25, -0.2) is 0 Å². The average Bonchev–Trinajstić information content (AvgIpc) is 2.80. The van der Waals surface area contributed by atoms with Crippen LogP contribution in [0.3, 0.4) is 0 Å². The lowest BCUT2D eigenvalue weighted by Gasteiger charge is -2.30. The van der Waals surface area contributed by atoms with Gasteiger partial charge < -0.3 is 15.0 Å². The van der Waals surface area contributed by atoms with E-state index in [-0.39, 0.29) is 25.0 Å². The highest BCUT2D eigenvalue weighted by Gasteiger charge is 2.29. The number of amides is 2. The van der Waals surface area contributed by atoms with Crippen LogP contribution >= 0.6 is 39.1 Å². The number of hydrogen-bond donors (Lipinski definition) is 1. The summed E-state index contributed by atoms with van der Waals surface area (Å²) in [5.41, 5.74) is 0.698. The molecule has 0 aromatic heterocycles. The van der Waals surface area contributed by atoms with Crippen LogP contribution in [-0.4, -0.2) is 35.9 Å². The predicted molar refractivity (Wildman–Crippen MR) is 137 cm³/mol. The van der Waals surface area contributed by atoms with Gasteiger partial charge in [-0.3, -0.25) is 9.59 Å². The molecule has 5 nitrogen and oxygen atoms in total. The number of carbonyl (C=O) groups excluding carboxylic acids is 2. The van der Waals surface area contributed by atoms with Crippen molar-refractivity contribution in [3.63, 3.8) is 0 Å². The highest BCUT2D eigenvalue weighted by molar-refractivity contribution is 9.10. The van der Waals surface area contributed by atoms with Crippen LogP contribution in [0.2, 0.25) is 10.0 Å². The summed E-state index contributed by atoms with van der Waals surface area (Å²) >= 11 is 16.0. The van der Waals surface area contributed by atoms with E-state index in [0.29, 0.717) is 34.3 Å². The van der Waals surface area contributed by atoms with Crippen LogP contribution in [0.5, 0.6) is 5.75 Å². The second kappa shape index (κ2) is 11.7. The van der Waals surface area contributed by atoms with Crippen molar-refractivity contribution in [2.75, 3.05) is 13.2 Å². The number of carbonyl (C=O) groups is 2. The number of nitrogens with one attached hydrogen (secondary N) is 1. The Morgan fingerprint density at radius 1 is 1.09 bits per heavy atom. The molecule has 0 spiro atoms. The third kappa shape index (κ3) is 6.19. The molecule has 1 N–H and O–H groups in total. The second-order valence-corrected chi connectivity index (χ2v) is 9.10. The summed E-state index contributed by atoms with van der Waals surface area (Å²) in [6.07, 6.45) is 0.447. The minimum Gasteiger partial charge on any atom is -0.483 e. The Bertz CT molecular complexity index is 1160. The molecule has 3 rings (SSSR count). The van der Waals surface area contributed by atoms with Gasteiger partial charge in [-0.2, -0.15) is 0 Å². The number of halogens is 3. The lowest BCUT2D eigenvalue weighted by Crippen LogP contribution is -2.50. The number of hydrogen-bond acceptors (Lipinski definition) is 3. The van der Waals surface area contributed by atoms with E-state index in [4.69, 9.17) is 27.9 Å². The van der Waals surface area contributed by atoms with Crippen molar-refractivity contribution in [3.05, 3.63) is 74.7 Å². The molecule has 33 heavy (non-hydrogen) atoms. The van der Waals surface area contributed by atoms with E-state index < -0.39 is 6.04 Å². The highest BCUT2D eigenvalue weighted by atomic mass is 79.9. The van der Waals surface area contributed by atoms with Gasteiger partial charge in [0.15, 0.2) is 6.61 Å². The molecule has 0 fully saturated rings. The Morgan fingerprint density at radius 3 is 2.55 bits per heavy atom. The maximum Gasteiger partial charge on any atom is 0.261 e. The van der Waals surface area contributed by atoms with Crippen molar-refractivity contribution >= 4 is 61.7 Å². The molecule has 0 saturated carbocycles. The molecule has 0 saturated heterocycles. The number of benzene rings is 3. The summed E-state index contributed by atoms with van der Waals surface area (Å²) < 4.78 is 6.66. The van der Waals surface area contributed by atoms with E-state index in [1.54, 1.807) is 18.2 Å². The van der Waals surface area contributed by atoms with Crippen molar-refractivity contribution < 1.29 is 14.3 Å². The fourth-order valence-electron chi connectivity index (χ4n) is 3.59. The Hall–Kier alpha value is -2.28. The first-order valence-electron chi connectivity index (χ1n) is 10.7. The van der Waals surface area contributed by atoms with Gasteiger partial charge in [0.25, 0.3) is 5.91 Å². The van der Waals surface area contributed by atoms with Crippen LogP contribution in [0.4, 0.5) is 0 Å². The first kappa shape index (κ1) is 25.3. The smallest absolute Gasteiger partial charge is 0.261 e. The lowest BCUT2D eigenvalue weighted by molar-refractivity contribution is -0.142. The molecule has 0 heterocycles. The maximum absolute atomic E-state index is 13.3. The van der Waals surface area contributed by atoms with Crippen LogP contribution in [0.1, 0.15) is 25.8 Å². The van der Waals surface area contributed by atoms with E-state index >= 15 is 0 Å². The van der Waals surface area contributed by atoms with Crippen molar-refractivity contribution in [2.45, 2.75) is 32.9 Å². The van der Waals surface area contributed by atoms with Crippen LogP contribution in [0.15, 0.2) is 59.1 Å². The minimum absolute atomic E-state index is 0.159. The SMILES string of the molecule is CCNC(=O)[C@H](CC)N(Cc1ccc(Cl)cc1Cl)C(=O)COc1ccc2ccccc2c1Br. The van der Waals surface area contributed by atoms with Crippen LogP contribution in [0, 0.1) is 0 Å². The van der Waals surface area contributed by atoms with E-state index in [1.165, 1.54) is 4.90 Å². The molecule has 3 aromatic carbocycles. The molecular formula is C25H25BrCl2N2O3. The number of nitrogens with zero attached hydrogens (tertiary/aromatic N) is 1. The van der Waals surface area contributed by atoms with Gasteiger partial charge >= 0.3 is 0 Å². The summed E-state index contributed by atoms with van der Waals surface area (Å²) in [6.45, 7) is 4.11. The number of rotatable bonds is 9. The van der Waals surface area contributed by atoms with E-state index in [2.05, 4.69) is 21.2 Å². The molecule has 0 aliphatic heterocycles. The van der Waals surface area contributed by atoms with E-state index in [0.717, 1.165) is 15.2 Å². The molecular weight excluding hydrogens is 527 g/mol. The molecule has 0 aliphatic rings. The molecule has 0 bridgehead atoms. The Morgan fingerprint density at radius 2 is 1.85 bits per heavy atom. The zero-order valence-electron chi connectivity index (χ0n) is 18.4. The molecule has 1 atom stereocenters. The zero-order valence-corrected chi connectivity index (χ0v) is 21.5. The first-order valence-corrected chi connectivity index (χ1v) is 12.2. The Labute approximate surface area is 212 Å². The van der Waals surface area contributed by atoms with Crippen molar-refractivity contribution in [3.8, 4) is 5.75 Å². The van der Waals surface area contributed by atoms with Gasteiger partial charge in [0.2, 0.25) is 5.91 Å². The second-order valence-electron chi connectivity index (χ2n) is 7.46. The van der Waals surface area contributed by atoms with Crippen molar-refractivity contribution in [1.29, 1.82) is 0 Å². The van der Waals surface area contributed by atoms with Gasteiger partial charge in [-0.15, -0.1) is 0 Å². The fraction of sp³-hybridized carbons (Fsp3) is 0.280. The summed E-state index contributed by atoms with van der Waals surface area (Å²) in [5.74, 6) is 0.0158. The molecule has 8 heteroatoms. The fourth-order valence-corrected chi connectivity index (χ4v) is 4.67. The number of fused-ring (bicyclic) bond motifs is 1. The summed E-state index contributed by atoms with van der Waals surface area (Å²) in [7, 11) is 0. The lowest BCUT2D eigenvalue weighted by atomic mass is 10.1. The largest absolute Gasteiger partial charge is 0.483 e. The van der Waals surface area contributed by atoms with Crippen molar-refractivity contribution in [2.24, 2.45) is 0 Å². The Kier molecular flexibility index (Phi) is 9.01. The normalized spacial score (nSPS) is 11.8. The van der Waals surface area contributed by atoms with Gasteiger partial charge in [0.1, 0.15) is 11.8 Å². The Balaban J connectivity index is 1.85. The zero-order chi connectivity index (χ0) is 24.0. The van der Waals surface area contributed by atoms with Crippen molar-refractivity contribution in [1.82, 2.24) is 10.2 Å². The summed E-state index contributed by atoms with van der Waals surface area (Å²) in [5, 5.41) is 5.79. The summed E-state index contributed by atoms with van der Waals surface area (Å²) in [6, 6.07) is 16.1. The summed E-state index contributed by atoms with van der Waals surface area (Å²) in [4.78, 5) is 27.5. The third-order valence-corrected chi connectivity index (χ3v) is 6.68.